The SMILES string of the molecule is Cc1cc(F)c(F)c(OCC(=O)[C@H](CC(=O)O)NC(=O)C2CCCCN(C(=O)Oc3ccccc3)C2)c1F. The molecule has 12 heteroatoms. The van der Waals surface area contributed by atoms with Crippen LogP contribution in [0.5, 0.6) is 11.5 Å². The molecule has 9 nitrogen and oxygen atoms in total. The van der Waals surface area contributed by atoms with Crippen LogP contribution in [0.4, 0.5) is 18.0 Å². The van der Waals surface area contributed by atoms with Crippen molar-refractivity contribution in [1.82, 2.24) is 10.2 Å². The van der Waals surface area contributed by atoms with E-state index in [4.69, 9.17) is 9.47 Å². The summed E-state index contributed by atoms with van der Waals surface area (Å²) in [5.74, 6) is -8.88. The summed E-state index contributed by atoms with van der Waals surface area (Å²) in [6, 6.07) is 7.40. The number of ketones is 1. The highest BCUT2D eigenvalue weighted by Crippen LogP contribution is 2.27. The molecule has 2 N–H and O–H groups in total. The van der Waals surface area contributed by atoms with Crippen molar-refractivity contribution < 1.29 is 46.9 Å². The Balaban J connectivity index is 1.66. The van der Waals surface area contributed by atoms with Gasteiger partial charge in [0.15, 0.2) is 23.2 Å². The van der Waals surface area contributed by atoms with E-state index in [0.29, 0.717) is 37.6 Å². The molecule has 0 saturated carbocycles. The van der Waals surface area contributed by atoms with Crippen molar-refractivity contribution in [3.63, 3.8) is 0 Å². The number of halogens is 3. The first-order chi connectivity index (χ1) is 18.1. The Kier molecular flexibility index (Phi) is 9.69. The summed E-state index contributed by atoms with van der Waals surface area (Å²) >= 11 is 0. The van der Waals surface area contributed by atoms with Gasteiger partial charge in [0.1, 0.15) is 18.4 Å². The number of aryl methyl sites for hydroxylation is 1. The summed E-state index contributed by atoms with van der Waals surface area (Å²) in [5.41, 5.74) is -0.259. The minimum absolute atomic E-state index is 0.0268. The van der Waals surface area contributed by atoms with Crippen molar-refractivity contribution in [3.05, 3.63) is 59.4 Å². The first-order valence-corrected chi connectivity index (χ1v) is 11.9. The van der Waals surface area contributed by atoms with Gasteiger partial charge in [-0.1, -0.05) is 24.6 Å². The summed E-state index contributed by atoms with van der Waals surface area (Å²) in [6.45, 7) is 0.465. The summed E-state index contributed by atoms with van der Waals surface area (Å²) in [7, 11) is 0. The molecule has 38 heavy (non-hydrogen) atoms. The molecule has 0 aliphatic carbocycles. The summed E-state index contributed by atoms with van der Waals surface area (Å²) in [6.07, 6.45) is 0.0730. The molecule has 2 aromatic rings. The van der Waals surface area contributed by atoms with E-state index in [2.05, 4.69) is 5.32 Å². The third-order valence-electron chi connectivity index (χ3n) is 5.99. The maximum atomic E-state index is 14.2. The van der Waals surface area contributed by atoms with Gasteiger partial charge >= 0.3 is 12.1 Å². The van der Waals surface area contributed by atoms with E-state index in [-0.39, 0.29) is 12.1 Å². The van der Waals surface area contributed by atoms with Gasteiger partial charge in [0.05, 0.1) is 12.3 Å². The fourth-order valence-electron chi connectivity index (χ4n) is 3.96. The van der Waals surface area contributed by atoms with E-state index in [1.54, 1.807) is 30.3 Å². The van der Waals surface area contributed by atoms with Gasteiger partial charge in [-0.3, -0.25) is 14.4 Å². The Morgan fingerprint density at radius 3 is 2.50 bits per heavy atom. The monoisotopic (exact) mass is 536 g/mol. The zero-order valence-corrected chi connectivity index (χ0v) is 20.5. The number of likely N-dealkylation sites (tertiary alicyclic amines) is 1. The number of rotatable bonds is 9. The van der Waals surface area contributed by atoms with Gasteiger partial charge < -0.3 is 24.8 Å². The van der Waals surface area contributed by atoms with Crippen LogP contribution in [0.1, 0.15) is 31.2 Å². The lowest BCUT2D eigenvalue weighted by Gasteiger charge is -2.25. The van der Waals surface area contributed by atoms with E-state index in [9.17, 15) is 37.5 Å². The molecule has 0 aromatic heterocycles. The van der Waals surface area contributed by atoms with E-state index in [0.717, 1.165) is 0 Å². The maximum absolute atomic E-state index is 14.2. The minimum Gasteiger partial charge on any atom is -0.481 e. The van der Waals surface area contributed by atoms with Crippen LogP contribution < -0.4 is 14.8 Å². The van der Waals surface area contributed by atoms with Crippen molar-refractivity contribution in [2.45, 2.75) is 38.6 Å². The van der Waals surface area contributed by atoms with E-state index in [1.807, 2.05) is 0 Å². The molecule has 0 bridgehead atoms. The molecule has 2 atom stereocenters. The predicted octanol–water partition coefficient (Wildman–Crippen LogP) is 3.62. The number of benzene rings is 2. The van der Waals surface area contributed by atoms with Crippen molar-refractivity contribution in [2.75, 3.05) is 19.7 Å². The Labute approximate surface area is 216 Å². The Bertz CT molecular complexity index is 1170. The molecule has 204 valence electrons. The topological polar surface area (TPSA) is 122 Å². The van der Waals surface area contributed by atoms with Crippen LogP contribution in [0.15, 0.2) is 36.4 Å². The minimum atomic E-state index is -1.64. The van der Waals surface area contributed by atoms with Crippen molar-refractivity contribution in [1.29, 1.82) is 0 Å². The highest BCUT2D eigenvalue weighted by Gasteiger charge is 2.32. The molecular formula is C26H27F3N2O7. The van der Waals surface area contributed by atoms with Crippen LogP contribution in [-0.2, 0) is 14.4 Å². The second-order valence-electron chi connectivity index (χ2n) is 8.87. The van der Waals surface area contributed by atoms with Crippen molar-refractivity contribution in [2.24, 2.45) is 5.92 Å². The number of ether oxygens (including phenoxy) is 2. The second kappa shape index (κ2) is 12.9. The number of carboxylic acid groups (broad SMARTS) is 1. The van der Waals surface area contributed by atoms with Crippen LogP contribution in [-0.4, -0.2) is 59.5 Å². The highest BCUT2D eigenvalue weighted by molar-refractivity contribution is 5.93. The molecule has 1 heterocycles. The number of amides is 2. The van der Waals surface area contributed by atoms with Crippen LogP contribution in [0, 0.1) is 30.3 Å². The second-order valence-corrected chi connectivity index (χ2v) is 8.87. The lowest BCUT2D eigenvalue weighted by Crippen LogP contribution is -2.48. The first-order valence-electron chi connectivity index (χ1n) is 11.9. The molecule has 2 aromatic carbocycles. The largest absolute Gasteiger partial charge is 0.481 e. The average molecular weight is 537 g/mol. The quantitative estimate of drug-likeness (QED) is 0.470. The lowest BCUT2D eigenvalue weighted by molar-refractivity contribution is -0.141. The van der Waals surface area contributed by atoms with Crippen LogP contribution >= 0.6 is 0 Å². The molecule has 2 amide bonds. The normalized spacial score (nSPS) is 16.2. The van der Waals surface area contributed by atoms with E-state index in [1.165, 1.54) is 11.8 Å². The van der Waals surface area contributed by atoms with Gasteiger partial charge in [0.25, 0.3) is 0 Å². The van der Waals surface area contributed by atoms with Gasteiger partial charge in [-0.05, 0) is 43.5 Å². The number of hydrogen-bond donors (Lipinski definition) is 2. The molecule has 0 spiro atoms. The fourth-order valence-corrected chi connectivity index (χ4v) is 3.96. The Morgan fingerprint density at radius 1 is 1.11 bits per heavy atom. The number of carboxylic acids is 1. The van der Waals surface area contributed by atoms with E-state index < -0.39 is 71.9 Å². The number of carbonyl (C=O) groups is 4. The van der Waals surface area contributed by atoms with Crippen LogP contribution in [0.25, 0.3) is 0 Å². The number of Topliss-reactive ketones (excluding diaryl/α,β-unsaturated/α-hetero) is 1. The molecule has 1 aliphatic heterocycles. The Hall–Kier alpha value is -4.09. The summed E-state index contributed by atoms with van der Waals surface area (Å²) in [4.78, 5) is 51.0. The molecule has 3 rings (SSSR count). The predicted molar refractivity (Wildman–Crippen MR) is 127 cm³/mol. The third-order valence-corrected chi connectivity index (χ3v) is 5.99. The molecule has 1 fully saturated rings. The molecule has 1 saturated heterocycles. The standard InChI is InChI=1S/C26H27F3N2O7/c1-15-11-18(27)23(29)24(22(15)28)37-14-20(32)19(12-21(33)34)30-25(35)16-7-5-6-10-31(13-16)26(36)38-17-8-3-2-4-9-17/h2-4,8-9,11,16,19H,5-7,10,12-14H2,1H3,(H,30,35)(H,33,34)/t16?,19-/m0/s1. The van der Waals surface area contributed by atoms with Gasteiger partial charge in [-0.2, -0.15) is 4.39 Å². The van der Waals surface area contributed by atoms with Gasteiger partial charge in [-0.15, -0.1) is 0 Å². The zero-order valence-electron chi connectivity index (χ0n) is 20.5. The number of hydrogen-bond acceptors (Lipinski definition) is 6. The smallest absolute Gasteiger partial charge is 0.415 e. The number of para-hydroxylation sites is 1. The van der Waals surface area contributed by atoms with Gasteiger partial charge in [0, 0.05) is 13.1 Å². The average Bonchev–Trinajstić information content (AvgIpc) is 3.14. The lowest BCUT2D eigenvalue weighted by atomic mass is 10.0. The summed E-state index contributed by atoms with van der Waals surface area (Å²) in [5, 5.41) is 11.6. The fraction of sp³-hybridized carbons (Fsp3) is 0.385. The van der Waals surface area contributed by atoms with Gasteiger partial charge in [-0.25, -0.2) is 13.6 Å². The zero-order chi connectivity index (χ0) is 27.8. The number of aliphatic carboxylic acids is 1. The van der Waals surface area contributed by atoms with Crippen molar-refractivity contribution in [3.8, 4) is 11.5 Å². The number of carbonyl (C=O) groups excluding carboxylic acids is 3. The molecule has 1 unspecified atom stereocenters. The Morgan fingerprint density at radius 2 is 1.82 bits per heavy atom. The van der Waals surface area contributed by atoms with Crippen LogP contribution in [0.2, 0.25) is 0 Å². The molecule has 1 aliphatic rings. The number of nitrogens with one attached hydrogen (secondary N) is 1. The van der Waals surface area contributed by atoms with Crippen LogP contribution in [0.3, 0.4) is 0 Å². The van der Waals surface area contributed by atoms with Gasteiger partial charge in [0.2, 0.25) is 11.7 Å². The number of nitrogens with zero attached hydrogens (tertiary/aromatic N) is 1. The third kappa shape index (κ3) is 7.46. The van der Waals surface area contributed by atoms with E-state index >= 15 is 0 Å². The summed E-state index contributed by atoms with van der Waals surface area (Å²) < 4.78 is 52.0. The van der Waals surface area contributed by atoms with Crippen molar-refractivity contribution >= 4 is 23.8 Å². The molecular weight excluding hydrogens is 509 g/mol. The highest BCUT2D eigenvalue weighted by atomic mass is 19.2. The maximum Gasteiger partial charge on any atom is 0.415 e. The molecule has 0 radical (unpaired) electrons. The first kappa shape index (κ1) is 28.5.